The van der Waals surface area contributed by atoms with E-state index in [2.05, 4.69) is 4.98 Å². The summed E-state index contributed by atoms with van der Waals surface area (Å²) in [7, 11) is -3.81. The van der Waals surface area contributed by atoms with Crippen molar-refractivity contribution in [2.75, 3.05) is 6.61 Å². The van der Waals surface area contributed by atoms with E-state index in [1.165, 1.54) is 4.31 Å². The molecule has 1 heterocycles. The maximum Gasteiger partial charge on any atom is 0.341 e. The summed E-state index contributed by atoms with van der Waals surface area (Å²) in [5.74, 6) is -0.721. The van der Waals surface area contributed by atoms with Crippen LogP contribution in [0.2, 0.25) is 0 Å². The molecule has 0 atom stereocenters. The molecule has 0 amide bonds. The van der Waals surface area contributed by atoms with E-state index in [9.17, 15) is 13.2 Å². The topological polar surface area (TPSA) is 96.8 Å². The average molecular weight is 489 g/mol. The molecule has 0 aliphatic rings. The van der Waals surface area contributed by atoms with Crippen LogP contribution in [0.3, 0.4) is 0 Å². The number of carboxylic acid groups (broad SMARTS) is 1. The molecule has 178 valence electrons. The minimum atomic E-state index is -3.81. The Morgan fingerprint density at radius 2 is 1.57 bits per heavy atom. The van der Waals surface area contributed by atoms with Crippen LogP contribution in [-0.4, -0.2) is 35.4 Å². The zero-order chi connectivity index (χ0) is 24.7. The van der Waals surface area contributed by atoms with Crippen molar-refractivity contribution in [3.8, 4) is 16.9 Å². The third-order valence-corrected chi connectivity index (χ3v) is 7.11. The molecule has 0 unspecified atom stereocenters. The number of carboxylic acids is 1. The predicted molar refractivity (Wildman–Crippen MR) is 132 cm³/mol. The Morgan fingerprint density at radius 3 is 2.26 bits per heavy atom. The summed E-state index contributed by atoms with van der Waals surface area (Å²) in [4.78, 5) is 15.2. The molecule has 0 radical (unpaired) electrons. The Balaban J connectivity index is 1.61. The molecule has 0 saturated carbocycles. The van der Waals surface area contributed by atoms with E-state index in [1.807, 2.05) is 36.4 Å². The molecule has 0 aliphatic carbocycles. The zero-order valence-corrected chi connectivity index (χ0v) is 19.6. The Morgan fingerprint density at radius 1 is 0.829 bits per heavy atom. The van der Waals surface area contributed by atoms with E-state index >= 15 is 0 Å². The molecule has 35 heavy (non-hydrogen) atoms. The molecular formula is C27H24N2O5S. The minimum absolute atomic E-state index is 0.0891. The van der Waals surface area contributed by atoms with Gasteiger partial charge in [0.05, 0.1) is 4.90 Å². The fourth-order valence-electron chi connectivity index (χ4n) is 3.59. The van der Waals surface area contributed by atoms with Gasteiger partial charge >= 0.3 is 5.97 Å². The summed E-state index contributed by atoms with van der Waals surface area (Å²) in [6.07, 6.45) is 3.49. The maximum absolute atomic E-state index is 13.5. The first-order chi connectivity index (χ1) is 16.9. The van der Waals surface area contributed by atoms with Crippen molar-refractivity contribution >= 4 is 16.0 Å². The van der Waals surface area contributed by atoms with Gasteiger partial charge in [0, 0.05) is 25.5 Å². The molecule has 3 aromatic carbocycles. The van der Waals surface area contributed by atoms with Gasteiger partial charge in [0.15, 0.2) is 6.61 Å². The Labute approximate surface area is 204 Å². The number of hydrogen-bond donors (Lipinski definition) is 1. The van der Waals surface area contributed by atoms with Gasteiger partial charge in [0.2, 0.25) is 10.0 Å². The van der Waals surface area contributed by atoms with E-state index in [1.54, 1.807) is 67.0 Å². The Bertz CT molecular complexity index is 1380. The van der Waals surface area contributed by atoms with Crippen molar-refractivity contribution in [1.29, 1.82) is 0 Å². The highest BCUT2D eigenvalue weighted by Crippen LogP contribution is 2.24. The van der Waals surface area contributed by atoms with Crippen LogP contribution in [-0.2, 0) is 27.9 Å². The summed E-state index contributed by atoms with van der Waals surface area (Å²) in [6, 6.07) is 26.6. The number of ether oxygens (including phenoxy) is 1. The standard InChI is InChI=1S/C27H24N2O5S/c30-27(31)20-34-25-8-4-6-22(16-25)19-29(35(32,33)26-9-2-1-3-10-26)18-21-11-13-23(14-12-21)24-7-5-15-28-17-24/h1-17H,18-20H2,(H,30,31). The molecule has 4 aromatic rings. The molecule has 4 rings (SSSR count). The number of aliphatic carboxylic acids is 1. The largest absolute Gasteiger partial charge is 0.482 e. The Hall–Kier alpha value is -4.01. The van der Waals surface area contributed by atoms with Crippen molar-refractivity contribution in [1.82, 2.24) is 9.29 Å². The first-order valence-corrected chi connectivity index (χ1v) is 12.3. The summed E-state index contributed by atoms with van der Waals surface area (Å²) >= 11 is 0. The first kappa shape index (κ1) is 24.1. The molecule has 0 fully saturated rings. The van der Waals surface area contributed by atoms with Gasteiger partial charge in [0.25, 0.3) is 0 Å². The summed E-state index contributed by atoms with van der Waals surface area (Å²) in [5, 5.41) is 8.86. The number of aromatic nitrogens is 1. The number of nitrogens with zero attached hydrogens (tertiary/aromatic N) is 2. The highest BCUT2D eigenvalue weighted by molar-refractivity contribution is 7.89. The molecule has 0 bridgehead atoms. The number of sulfonamides is 1. The first-order valence-electron chi connectivity index (χ1n) is 10.9. The fourth-order valence-corrected chi connectivity index (χ4v) is 5.03. The van der Waals surface area contributed by atoms with Gasteiger partial charge in [-0.3, -0.25) is 4.98 Å². The second kappa shape index (κ2) is 10.9. The smallest absolute Gasteiger partial charge is 0.341 e. The molecule has 0 saturated heterocycles. The van der Waals surface area contributed by atoms with Crippen LogP contribution in [0, 0.1) is 0 Å². The summed E-state index contributed by atoms with van der Waals surface area (Å²) < 4.78 is 33.7. The number of pyridine rings is 1. The lowest BCUT2D eigenvalue weighted by atomic mass is 10.1. The average Bonchev–Trinajstić information content (AvgIpc) is 2.89. The number of hydrogen-bond acceptors (Lipinski definition) is 5. The van der Waals surface area contributed by atoms with Crippen LogP contribution >= 0.6 is 0 Å². The normalized spacial score (nSPS) is 11.3. The lowest BCUT2D eigenvalue weighted by Crippen LogP contribution is -2.30. The van der Waals surface area contributed by atoms with E-state index < -0.39 is 22.6 Å². The van der Waals surface area contributed by atoms with Crippen molar-refractivity contribution in [2.45, 2.75) is 18.0 Å². The lowest BCUT2D eigenvalue weighted by molar-refractivity contribution is -0.139. The van der Waals surface area contributed by atoms with Crippen molar-refractivity contribution in [2.24, 2.45) is 0 Å². The molecule has 1 N–H and O–H groups in total. The minimum Gasteiger partial charge on any atom is -0.482 e. The van der Waals surface area contributed by atoms with E-state index in [-0.39, 0.29) is 18.0 Å². The molecular weight excluding hydrogens is 464 g/mol. The summed E-state index contributed by atoms with van der Waals surface area (Å²) in [5.41, 5.74) is 3.48. The zero-order valence-electron chi connectivity index (χ0n) is 18.8. The van der Waals surface area contributed by atoms with Crippen LogP contribution in [0.4, 0.5) is 0 Å². The molecule has 8 heteroatoms. The lowest BCUT2D eigenvalue weighted by Gasteiger charge is -2.23. The quantitative estimate of drug-likeness (QED) is 0.350. The predicted octanol–water partition coefficient (Wildman–Crippen LogP) is 4.60. The SMILES string of the molecule is O=C(O)COc1cccc(CN(Cc2ccc(-c3cccnc3)cc2)S(=O)(=O)c2ccccc2)c1. The number of benzene rings is 3. The van der Waals surface area contributed by atoms with Gasteiger partial charge in [0.1, 0.15) is 5.75 Å². The third-order valence-electron chi connectivity index (χ3n) is 5.31. The molecule has 7 nitrogen and oxygen atoms in total. The maximum atomic E-state index is 13.5. The van der Waals surface area contributed by atoms with Crippen LogP contribution in [0.15, 0.2) is 108 Å². The van der Waals surface area contributed by atoms with Crippen molar-refractivity contribution in [3.63, 3.8) is 0 Å². The van der Waals surface area contributed by atoms with E-state index in [0.29, 0.717) is 11.3 Å². The Kier molecular flexibility index (Phi) is 7.54. The second-order valence-corrected chi connectivity index (χ2v) is 9.79. The second-order valence-electron chi connectivity index (χ2n) is 7.85. The molecule has 1 aromatic heterocycles. The van der Waals surface area contributed by atoms with E-state index in [4.69, 9.17) is 9.84 Å². The third kappa shape index (κ3) is 6.32. The molecule has 0 aliphatic heterocycles. The number of rotatable bonds is 10. The highest BCUT2D eigenvalue weighted by atomic mass is 32.2. The van der Waals surface area contributed by atoms with Gasteiger partial charge in [-0.2, -0.15) is 4.31 Å². The monoisotopic (exact) mass is 488 g/mol. The van der Waals surface area contributed by atoms with Gasteiger partial charge in [-0.25, -0.2) is 13.2 Å². The van der Waals surface area contributed by atoms with Gasteiger partial charge < -0.3 is 9.84 Å². The highest BCUT2D eigenvalue weighted by Gasteiger charge is 2.25. The van der Waals surface area contributed by atoms with Gasteiger partial charge in [-0.1, -0.05) is 60.7 Å². The van der Waals surface area contributed by atoms with Crippen molar-refractivity contribution in [3.05, 3.63) is 115 Å². The van der Waals surface area contributed by atoms with Crippen molar-refractivity contribution < 1.29 is 23.1 Å². The van der Waals surface area contributed by atoms with Crippen LogP contribution in [0.1, 0.15) is 11.1 Å². The van der Waals surface area contributed by atoms with Gasteiger partial charge in [-0.15, -0.1) is 0 Å². The molecule has 0 spiro atoms. The van der Waals surface area contributed by atoms with Gasteiger partial charge in [-0.05, 0) is 52.6 Å². The van der Waals surface area contributed by atoms with Crippen LogP contribution < -0.4 is 4.74 Å². The van der Waals surface area contributed by atoms with Crippen LogP contribution in [0.5, 0.6) is 5.75 Å². The summed E-state index contributed by atoms with van der Waals surface area (Å²) in [6.45, 7) is -0.227. The van der Waals surface area contributed by atoms with E-state index in [0.717, 1.165) is 16.7 Å². The fraction of sp³-hybridized carbons (Fsp3) is 0.111. The van der Waals surface area contributed by atoms with Crippen LogP contribution in [0.25, 0.3) is 11.1 Å². The number of carbonyl (C=O) groups is 1.